The van der Waals surface area contributed by atoms with E-state index in [1.807, 2.05) is 32.1 Å². The molecule has 0 saturated heterocycles. The lowest BCUT2D eigenvalue weighted by Crippen LogP contribution is -2.49. The van der Waals surface area contributed by atoms with Crippen LogP contribution in [0.3, 0.4) is 0 Å². The van der Waals surface area contributed by atoms with Gasteiger partial charge in [0.1, 0.15) is 5.78 Å². The average Bonchev–Trinajstić information content (AvgIpc) is 2.92. The summed E-state index contributed by atoms with van der Waals surface area (Å²) in [6, 6.07) is 0. The van der Waals surface area contributed by atoms with Crippen molar-refractivity contribution in [2.75, 3.05) is 0 Å². The molecular weight excluding hydrogens is 364 g/mol. The molecule has 29 heavy (non-hydrogen) atoms. The summed E-state index contributed by atoms with van der Waals surface area (Å²) in [6.45, 7) is 8.42. The predicted octanol–water partition coefficient (Wildman–Crippen LogP) is 5.21. The van der Waals surface area contributed by atoms with Crippen LogP contribution in [0.25, 0.3) is 0 Å². The fourth-order valence-electron chi connectivity index (χ4n) is 6.21. The Kier molecular flexibility index (Phi) is 5.84. The fraction of sp³-hybridized carbons (Fsp3) is 0.560. The van der Waals surface area contributed by atoms with Crippen LogP contribution in [0.1, 0.15) is 66.2 Å². The lowest BCUT2D eigenvalue weighted by molar-refractivity contribution is -0.132. The molecule has 0 bridgehead atoms. The number of aliphatic carboxylic acids is 1. The lowest BCUT2D eigenvalue weighted by atomic mass is 9.48. The van der Waals surface area contributed by atoms with Crippen molar-refractivity contribution in [3.05, 3.63) is 47.1 Å². The first kappa shape index (κ1) is 21.5. The smallest absolute Gasteiger partial charge is 0.328 e. The average molecular weight is 397 g/mol. The maximum atomic E-state index is 13.1. The van der Waals surface area contributed by atoms with Gasteiger partial charge in [-0.25, -0.2) is 4.79 Å². The van der Waals surface area contributed by atoms with E-state index in [1.54, 1.807) is 6.08 Å². The van der Waals surface area contributed by atoms with Gasteiger partial charge in [-0.15, -0.1) is 0 Å². The van der Waals surface area contributed by atoms with Gasteiger partial charge in [0.25, 0.3) is 0 Å². The monoisotopic (exact) mass is 396 g/mol. The van der Waals surface area contributed by atoms with E-state index >= 15 is 0 Å². The van der Waals surface area contributed by atoms with Crippen molar-refractivity contribution < 1.29 is 19.5 Å². The van der Waals surface area contributed by atoms with Gasteiger partial charge in [-0.05, 0) is 55.9 Å². The van der Waals surface area contributed by atoms with Crippen LogP contribution in [0.2, 0.25) is 0 Å². The summed E-state index contributed by atoms with van der Waals surface area (Å²) < 4.78 is 0. The van der Waals surface area contributed by atoms with Gasteiger partial charge in [0, 0.05) is 36.3 Å². The van der Waals surface area contributed by atoms with Crippen molar-refractivity contribution in [3.63, 3.8) is 0 Å². The van der Waals surface area contributed by atoms with E-state index in [4.69, 9.17) is 5.11 Å². The molecule has 3 rings (SSSR count). The minimum atomic E-state index is -0.968. The molecule has 0 amide bonds. The minimum absolute atomic E-state index is 0.0699. The predicted molar refractivity (Wildman–Crippen MR) is 113 cm³/mol. The third-order valence-electron chi connectivity index (χ3n) is 7.75. The number of carbonyl (C=O) groups excluding carboxylic acids is 2. The normalized spacial score (nSPS) is 37.2. The molecule has 0 aliphatic heterocycles. The van der Waals surface area contributed by atoms with Crippen molar-refractivity contribution in [1.29, 1.82) is 0 Å². The second-order valence-electron chi connectivity index (χ2n) is 9.58. The third kappa shape index (κ3) is 3.94. The SMILES string of the molecule is CC(C=CC(=O)O)=CC=C/C(C)=C1\C(=O)C[C@H]2[C@@]3(C)CCC(=O)C[C@@H]3CC[C@]12C. The van der Waals surface area contributed by atoms with Crippen LogP contribution in [0.15, 0.2) is 47.1 Å². The standard InChI is InChI=1S/C25H32O4/c1-16(8-9-22(28)29)6-5-7-17(2)23-20(27)15-21-24(3)13-11-19(26)14-18(24)10-12-25(21,23)4/h5-9,18,21H,10-15H2,1-4H3,(H,28,29)/b7-5?,9-8?,16-6?,23-17+/t18-,21-,24-,25-/m0/s1. The van der Waals surface area contributed by atoms with E-state index < -0.39 is 5.97 Å². The quantitative estimate of drug-likeness (QED) is 0.523. The number of ketones is 2. The Hall–Kier alpha value is -2.23. The number of carboxylic acid groups (broad SMARTS) is 1. The van der Waals surface area contributed by atoms with Crippen LogP contribution >= 0.6 is 0 Å². The topological polar surface area (TPSA) is 71.4 Å². The van der Waals surface area contributed by atoms with Gasteiger partial charge in [-0.2, -0.15) is 0 Å². The van der Waals surface area contributed by atoms with E-state index in [2.05, 4.69) is 13.8 Å². The molecule has 3 aliphatic carbocycles. The van der Waals surface area contributed by atoms with E-state index in [1.165, 1.54) is 0 Å². The molecule has 0 aromatic rings. The molecule has 4 nitrogen and oxygen atoms in total. The highest BCUT2D eigenvalue weighted by Gasteiger charge is 2.60. The molecule has 156 valence electrons. The second kappa shape index (κ2) is 7.89. The molecule has 1 N–H and O–H groups in total. The van der Waals surface area contributed by atoms with Crippen molar-refractivity contribution in [2.45, 2.75) is 66.2 Å². The molecule has 0 radical (unpaired) electrons. The zero-order valence-electron chi connectivity index (χ0n) is 18.0. The summed E-state index contributed by atoms with van der Waals surface area (Å²) in [5.41, 5.74) is 2.74. The number of hydrogen-bond acceptors (Lipinski definition) is 3. The Bertz CT molecular complexity index is 856. The first-order chi connectivity index (χ1) is 13.6. The first-order valence-corrected chi connectivity index (χ1v) is 10.6. The van der Waals surface area contributed by atoms with Crippen molar-refractivity contribution in [3.8, 4) is 0 Å². The molecule has 4 atom stereocenters. The van der Waals surface area contributed by atoms with Gasteiger partial charge >= 0.3 is 5.97 Å². The first-order valence-electron chi connectivity index (χ1n) is 10.6. The number of fused-ring (bicyclic) bond motifs is 3. The molecular formula is C25H32O4. The largest absolute Gasteiger partial charge is 0.478 e. The zero-order valence-corrected chi connectivity index (χ0v) is 18.0. The van der Waals surface area contributed by atoms with E-state index in [-0.39, 0.29) is 16.6 Å². The summed E-state index contributed by atoms with van der Waals surface area (Å²) in [4.78, 5) is 35.7. The zero-order chi connectivity index (χ0) is 21.4. The van der Waals surface area contributed by atoms with Crippen molar-refractivity contribution in [2.24, 2.45) is 22.7 Å². The Morgan fingerprint density at radius 1 is 1.07 bits per heavy atom. The van der Waals surface area contributed by atoms with Gasteiger partial charge in [-0.3, -0.25) is 9.59 Å². The van der Waals surface area contributed by atoms with Crippen LogP contribution in [0.5, 0.6) is 0 Å². The number of hydrogen-bond donors (Lipinski definition) is 1. The van der Waals surface area contributed by atoms with Gasteiger partial charge in [-0.1, -0.05) is 43.7 Å². The summed E-state index contributed by atoms with van der Waals surface area (Å²) in [5, 5.41) is 8.71. The molecule has 0 aromatic carbocycles. The van der Waals surface area contributed by atoms with E-state index in [0.717, 1.165) is 42.1 Å². The molecule has 3 fully saturated rings. The summed E-state index contributed by atoms with van der Waals surface area (Å²) >= 11 is 0. The van der Waals surface area contributed by atoms with E-state index in [0.29, 0.717) is 36.9 Å². The Balaban J connectivity index is 1.88. The molecule has 3 aliphatic rings. The van der Waals surface area contributed by atoms with Crippen molar-refractivity contribution >= 4 is 17.5 Å². The Labute approximate surface area is 173 Å². The van der Waals surface area contributed by atoms with Gasteiger partial charge in [0.05, 0.1) is 0 Å². The Morgan fingerprint density at radius 2 is 1.79 bits per heavy atom. The molecule has 3 saturated carbocycles. The summed E-state index contributed by atoms with van der Waals surface area (Å²) in [7, 11) is 0. The van der Waals surface area contributed by atoms with Crippen LogP contribution in [-0.2, 0) is 14.4 Å². The number of carbonyl (C=O) groups is 3. The van der Waals surface area contributed by atoms with E-state index in [9.17, 15) is 14.4 Å². The highest BCUT2D eigenvalue weighted by molar-refractivity contribution is 6.01. The lowest BCUT2D eigenvalue weighted by Gasteiger charge is -2.55. The number of Topliss-reactive ketones (excluding diaryl/α,β-unsaturated/α-hetero) is 2. The minimum Gasteiger partial charge on any atom is -0.478 e. The maximum Gasteiger partial charge on any atom is 0.328 e. The number of carboxylic acids is 1. The third-order valence-corrected chi connectivity index (χ3v) is 7.75. The second-order valence-corrected chi connectivity index (χ2v) is 9.58. The molecule has 0 unspecified atom stereocenters. The summed E-state index contributed by atoms with van der Waals surface area (Å²) in [5.74, 6) is 0.392. The van der Waals surface area contributed by atoms with Crippen molar-refractivity contribution in [1.82, 2.24) is 0 Å². The van der Waals surface area contributed by atoms with Crippen LogP contribution in [0.4, 0.5) is 0 Å². The van der Waals surface area contributed by atoms with Gasteiger partial charge < -0.3 is 5.11 Å². The maximum absolute atomic E-state index is 13.1. The summed E-state index contributed by atoms with van der Waals surface area (Å²) in [6.07, 6.45) is 13.2. The molecule has 0 heterocycles. The molecule has 0 spiro atoms. The number of allylic oxidation sites excluding steroid dienone is 7. The highest BCUT2D eigenvalue weighted by atomic mass is 16.4. The fourth-order valence-corrected chi connectivity index (χ4v) is 6.21. The van der Waals surface area contributed by atoms with Gasteiger partial charge in [0.2, 0.25) is 0 Å². The highest BCUT2D eigenvalue weighted by Crippen LogP contribution is 2.65. The van der Waals surface area contributed by atoms with Crippen LogP contribution < -0.4 is 0 Å². The van der Waals surface area contributed by atoms with Gasteiger partial charge in [0.15, 0.2) is 5.78 Å². The number of rotatable bonds is 4. The van der Waals surface area contributed by atoms with Crippen LogP contribution in [-0.4, -0.2) is 22.6 Å². The van der Waals surface area contributed by atoms with Crippen LogP contribution in [0, 0.1) is 22.7 Å². The molecule has 4 heteroatoms. The Morgan fingerprint density at radius 3 is 2.48 bits per heavy atom. The molecule has 0 aromatic heterocycles.